The first-order valence-electron chi connectivity index (χ1n) is 11.7. The molecule has 1 aromatic heterocycles. The first-order chi connectivity index (χ1) is 14.4. The van der Waals surface area contributed by atoms with Gasteiger partial charge in [0, 0.05) is 22.3 Å². The van der Waals surface area contributed by atoms with Crippen molar-refractivity contribution in [3.63, 3.8) is 0 Å². The summed E-state index contributed by atoms with van der Waals surface area (Å²) in [5.74, 6) is 2.52. The molecule has 0 spiro atoms. The molecule has 2 nitrogen and oxygen atoms in total. The number of carbonyl (C=O) groups is 1. The van der Waals surface area contributed by atoms with Crippen LogP contribution >= 0.6 is 11.3 Å². The van der Waals surface area contributed by atoms with Gasteiger partial charge in [0.25, 0.3) is 0 Å². The van der Waals surface area contributed by atoms with Crippen molar-refractivity contribution in [2.45, 2.75) is 65.7 Å². The van der Waals surface area contributed by atoms with Crippen LogP contribution in [0.4, 0.5) is 0 Å². The summed E-state index contributed by atoms with van der Waals surface area (Å²) in [6.07, 6.45) is 10.3. The van der Waals surface area contributed by atoms with Crippen LogP contribution in [0.5, 0.6) is 0 Å². The molecule has 1 aromatic carbocycles. The second-order valence-electron chi connectivity index (χ2n) is 10.7. The normalized spacial score (nSPS) is 37.1. The van der Waals surface area contributed by atoms with Gasteiger partial charge in [-0.1, -0.05) is 43.7 Å². The quantitative estimate of drug-likeness (QED) is 0.507. The van der Waals surface area contributed by atoms with Crippen LogP contribution in [0.2, 0.25) is 0 Å². The van der Waals surface area contributed by atoms with Gasteiger partial charge in [-0.25, -0.2) is 4.98 Å². The number of hydrogen-bond acceptors (Lipinski definition) is 3. The van der Waals surface area contributed by atoms with E-state index in [4.69, 9.17) is 4.98 Å². The van der Waals surface area contributed by atoms with Gasteiger partial charge in [0.1, 0.15) is 10.8 Å². The van der Waals surface area contributed by atoms with Crippen molar-refractivity contribution in [2.24, 2.45) is 28.6 Å². The van der Waals surface area contributed by atoms with Gasteiger partial charge in [-0.3, -0.25) is 4.79 Å². The van der Waals surface area contributed by atoms with Crippen molar-refractivity contribution in [1.29, 1.82) is 0 Å². The lowest BCUT2D eigenvalue weighted by Gasteiger charge is -2.55. The Morgan fingerprint density at radius 3 is 2.73 bits per heavy atom. The van der Waals surface area contributed by atoms with Crippen molar-refractivity contribution >= 4 is 22.7 Å². The molecule has 4 aliphatic carbocycles. The molecule has 4 aliphatic rings. The van der Waals surface area contributed by atoms with E-state index in [9.17, 15) is 4.79 Å². The number of Topliss-reactive ketones (excluding diaryl/α,β-unsaturated/α-hetero) is 1. The minimum absolute atomic E-state index is 0.0400. The lowest BCUT2D eigenvalue weighted by Crippen LogP contribution is -2.49. The van der Waals surface area contributed by atoms with Crippen LogP contribution in [-0.4, -0.2) is 10.8 Å². The Morgan fingerprint density at radius 2 is 1.90 bits per heavy atom. The highest BCUT2D eigenvalue weighted by Gasteiger charge is 2.58. The SMILES string of the molecule is Cc1cccc(-c2nc3c(s2)CC[C@@]2(C)C3=CC[C@@H]3[C@@H]2CC[C@]2(C)C(=O)CC[C@@H]32)c1. The number of thiazole rings is 1. The van der Waals surface area contributed by atoms with Crippen LogP contribution < -0.4 is 0 Å². The monoisotopic (exact) mass is 417 g/mol. The lowest BCUT2D eigenvalue weighted by atomic mass is 9.48. The highest BCUT2D eigenvalue weighted by molar-refractivity contribution is 7.15. The fraction of sp³-hybridized carbons (Fsp3) is 0.556. The van der Waals surface area contributed by atoms with E-state index in [0.29, 0.717) is 23.5 Å². The summed E-state index contributed by atoms with van der Waals surface area (Å²) in [6, 6.07) is 8.75. The average Bonchev–Trinajstić information content (AvgIpc) is 3.29. The standard InChI is InChI=1S/C27H31NOS/c1-16-5-4-6-17(15-16)25-28-24-21-8-7-18-19-9-10-23(29)27(19,3)13-11-20(18)26(21,2)14-12-22(24)30-25/h4-6,8,15,18-20H,7,9-14H2,1-3H3/t18-,19-,20-,26+,27-/m0/s1. The van der Waals surface area contributed by atoms with Crippen molar-refractivity contribution < 1.29 is 4.79 Å². The topological polar surface area (TPSA) is 30.0 Å². The molecule has 156 valence electrons. The van der Waals surface area contributed by atoms with E-state index in [0.717, 1.165) is 32.1 Å². The smallest absolute Gasteiger partial charge is 0.139 e. The van der Waals surface area contributed by atoms with Crippen molar-refractivity contribution in [3.8, 4) is 10.6 Å². The number of aromatic nitrogens is 1. The summed E-state index contributed by atoms with van der Waals surface area (Å²) in [5.41, 5.74) is 5.54. The van der Waals surface area contributed by atoms with E-state index >= 15 is 0 Å². The maximum atomic E-state index is 12.7. The van der Waals surface area contributed by atoms with Gasteiger partial charge in [-0.2, -0.15) is 0 Å². The molecule has 2 saturated carbocycles. The third-order valence-electron chi connectivity index (χ3n) is 9.26. The molecule has 0 aliphatic heterocycles. The summed E-state index contributed by atoms with van der Waals surface area (Å²) < 4.78 is 0. The zero-order valence-corrected chi connectivity index (χ0v) is 19.1. The van der Waals surface area contributed by atoms with E-state index in [1.807, 2.05) is 11.3 Å². The molecular weight excluding hydrogens is 386 g/mol. The molecule has 3 heteroatoms. The lowest BCUT2D eigenvalue weighted by molar-refractivity contribution is -0.131. The first-order valence-corrected chi connectivity index (χ1v) is 12.5. The van der Waals surface area contributed by atoms with E-state index in [-0.39, 0.29) is 10.8 Å². The molecule has 6 rings (SSSR count). The highest BCUT2D eigenvalue weighted by Crippen LogP contribution is 2.65. The van der Waals surface area contributed by atoms with E-state index in [1.165, 1.54) is 45.1 Å². The van der Waals surface area contributed by atoms with Crippen LogP contribution in [0, 0.1) is 35.5 Å². The number of carbonyl (C=O) groups excluding carboxylic acids is 1. The zero-order valence-electron chi connectivity index (χ0n) is 18.3. The van der Waals surface area contributed by atoms with Gasteiger partial charge in [-0.15, -0.1) is 11.3 Å². The molecule has 0 unspecified atom stereocenters. The predicted octanol–water partition coefficient (Wildman–Crippen LogP) is 6.87. The molecule has 1 heterocycles. The molecule has 5 atom stereocenters. The summed E-state index contributed by atoms with van der Waals surface area (Å²) in [7, 11) is 0. The van der Waals surface area contributed by atoms with Gasteiger partial charge < -0.3 is 0 Å². The Kier molecular flexibility index (Phi) is 4.04. The largest absolute Gasteiger partial charge is 0.299 e. The molecule has 0 radical (unpaired) electrons. The Morgan fingerprint density at radius 1 is 1.07 bits per heavy atom. The molecule has 0 amide bonds. The van der Waals surface area contributed by atoms with Crippen LogP contribution in [0.3, 0.4) is 0 Å². The number of rotatable bonds is 1. The summed E-state index contributed by atoms with van der Waals surface area (Å²) in [5, 5.41) is 1.17. The number of fused-ring (bicyclic) bond motifs is 7. The number of benzene rings is 1. The number of allylic oxidation sites excluding steroid dienone is 2. The average molecular weight is 418 g/mol. The molecule has 0 saturated heterocycles. The molecule has 0 N–H and O–H groups in total. The second-order valence-corrected chi connectivity index (χ2v) is 11.8. The van der Waals surface area contributed by atoms with Crippen LogP contribution in [0.15, 0.2) is 30.3 Å². The molecule has 2 aromatic rings. The van der Waals surface area contributed by atoms with Gasteiger partial charge >= 0.3 is 0 Å². The molecule has 2 fully saturated rings. The van der Waals surface area contributed by atoms with Gasteiger partial charge in [0.2, 0.25) is 0 Å². The van der Waals surface area contributed by atoms with Crippen molar-refractivity contribution in [3.05, 3.63) is 46.5 Å². The number of hydrogen-bond donors (Lipinski definition) is 0. The highest BCUT2D eigenvalue weighted by atomic mass is 32.1. The summed E-state index contributed by atoms with van der Waals surface area (Å²) in [6.45, 7) is 6.95. The minimum Gasteiger partial charge on any atom is -0.299 e. The predicted molar refractivity (Wildman–Crippen MR) is 123 cm³/mol. The summed E-state index contributed by atoms with van der Waals surface area (Å²) in [4.78, 5) is 19.4. The molecule has 0 bridgehead atoms. The van der Waals surface area contributed by atoms with Crippen molar-refractivity contribution in [1.82, 2.24) is 4.98 Å². The maximum absolute atomic E-state index is 12.7. The van der Waals surface area contributed by atoms with E-state index < -0.39 is 0 Å². The maximum Gasteiger partial charge on any atom is 0.139 e. The zero-order chi connectivity index (χ0) is 20.7. The second kappa shape index (κ2) is 6.38. The van der Waals surface area contributed by atoms with Crippen molar-refractivity contribution in [2.75, 3.05) is 0 Å². The minimum atomic E-state index is -0.0400. The van der Waals surface area contributed by atoms with Gasteiger partial charge in [0.15, 0.2) is 0 Å². The Hall–Kier alpha value is -1.74. The van der Waals surface area contributed by atoms with Crippen LogP contribution in [0.1, 0.15) is 68.5 Å². The Balaban J connectivity index is 1.40. The van der Waals surface area contributed by atoms with Gasteiger partial charge in [-0.05, 0) is 80.3 Å². The first kappa shape index (κ1) is 19.0. The summed E-state index contributed by atoms with van der Waals surface area (Å²) >= 11 is 1.90. The fourth-order valence-electron chi connectivity index (χ4n) is 7.56. The third kappa shape index (κ3) is 2.48. The van der Waals surface area contributed by atoms with E-state index in [1.54, 1.807) is 0 Å². The molecule has 30 heavy (non-hydrogen) atoms. The van der Waals surface area contributed by atoms with Gasteiger partial charge in [0.05, 0.1) is 5.69 Å². The number of aryl methyl sites for hydroxylation is 2. The molecular formula is C27H31NOS. The number of ketones is 1. The fourth-order valence-corrected chi connectivity index (χ4v) is 8.63. The van der Waals surface area contributed by atoms with Crippen LogP contribution in [-0.2, 0) is 11.2 Å². The van der Waals surface area contributed by atoms with Crippen LogP contribution in [0.25, 0.3) is 16.1 Å². The Bertz CT molecular complexity index is 1080. The Labute approximate surface area is 183 Å². The van der Waals surface area contributed by atoms with E-state index in [2.05, 4.69) is 51.1 Å². The third-order valence-corrected chi connectivity index (χ3v) is 10.4. The number of nitrogens with zero attached hydrogens (tertiary/aromatic N) is 1.